The summed E-state index contributed by atoms with van der Waals surface area (Å²) in [4.78, 5) is 0. The molecule has 2 saturated carbocycles. The fourth-order valence-corrected chi connectivity index (χ4v) is 5.79. The van der Waals surface area contributed by atoms with Crippen molar-refractivity contribution >= 4 is 45.2 Å². The summed E-state index contributed by atoms with van der Waals surface area (Å²) >= 11 is 5.37. The number of hydrogen-bond acceptors (Lipinski definition) is 0. The fraction of sp³-hybridized carbons (Fsp3) is 1.00. The molecule has 0 aromatic rings. The normalized spacial score (nSPS) is 31.5. The lowest BCUT2D eigenvalue weighted by Gasteiger charge is -2.40. The fourth-order valence-electron chi connectivity index (χ4n) is 2.57. The van der Waals surface area contributed by atoms with Crippen molar-refractivity contribution in [3.05, 3.63) is 0 Å². The van der Waals surface area contributed by atoms with E-state index in [-0.39, 0.29) is 0 Å². The summed E-state index contributed by atoms with van der Waals surface area (Å²) < 4.78 is 2.13. The molecule has 12 heavy (non-hydrogen) atoms. The maximum Gasteiger partial charge on any atom is 0.0286 e. The van der Waals surface area contributed by atoms with Crippen molar-refractivity contribution in [3.63, 3.8) is 0 Å². The van der Waals surface area contributed by atoms with Gasteiger partial charge in [0.2, 0.25) is 0 Å². The summed E-state index contributed by atoms with van der Waals surface area (Å²) in [6, 6.07) is 0. The second kappa shape index (κ2) is 3.55. The average Bonchev–Trinajstić information content (AvgIpc) is 2.87. The molecule has 0 aromatic heterocycles. The molecule has 0 unspecified atom stereocenters. The Morgan fingerprint density at radius 1 is 0.917 bits per heavy atom. The maximum atomic E-state index is 2.76. The lowest BCUT2D eigenvalue weighted by molar-refractivity contribution is 0.217. The van der Waals surface area contributed by atoms with Crippen LogP contribution in [0.3, 0.4) is 0 Å². The van der Waals surface area contributed by atoms with E-state index >= 15 is 0 Å². The summed E-state index contributed by atoms with van der Waals surface area (Å²) in [7, 11) is 0. The van der Waals surface area contributed by atoms with Crippen molar-refractivity contribution < 1.29 is 0 Å². The van der Waals surface area contributed by atoms with Crippen LogP contribution in [0.5, 0.6) is 0 Å². The van der Waals surface area contributed by atoms with Crippen LogP contribution >= 0.6 is 45.2 Å². The molecule has 0 radical (unpaired) electrons. The summed E-state index contributed by atoms with van der Waals surface area (Å²) in [5, 5.41) is 0. The Bertz CT molecular complexity index is 167. The van der Waals surface area contributed by atoms with Crippen molar-refractivity contribution in [1.29, 1.82) is 0 Å². The van der Waals surface area contributed by atoms with Crippen LogP contribution in [0, 0.1) is 5.41 Å². The highest BCUT2D eigenvalue weighted by molar-refractivity contribution is 14.1. The van der Waals surface area contributed by atoms with Crippen LogP contribution in [0.1, 0.15) is 44.9 Å². The van der Waals surface area contributed by atoms with E-state index in [1.54, 1.807) is 0 Å². The van der Waals surface area contributed by atoms with Gasteiger partial charge in [0.05, 0.1) is 0 Å². The number of hydrogen-bond donors (Lipinski definition) is 0. The third-order valence-corrected chi connectivity index (χ3v) is 7.39. The van der Waals surface area contributed by atoms with Gasteiger partial charge in [-0.1, -0.05) is 64.4 Å². The van der Waals surface area contributed by atoms with Crippen LogP contribution in [0.2, 0.25) is 0 Å². The molecule has 0 aliphatic heterocycles. The second-order valence-corrected chi connectivity index (χ2v) is 7.27. The molecule has 2 rings (SSSR count). The lowest BCUT2D eigenvalue weighted by atomic mass is 9.72. The Morgan fingerprint density at radius 3 is 1.92 bits per heavy atom. The van der Waals surface area contributed by atoms with Gasteiger partial charge in [0, 0.05) is 7.85 Å². The minimum atomic E-state index is 0.729. The van der Waals surface area contributed by atoms with Gasteiger partial charge in [0.15, 0.2) is 0 Å². The zero-order valence-corrected chi connectivity index (χ0v) is 11.7. The lowest BCUT2D eigenvalue weighted by Crippen LogP contribution is -2.36. The predicted molar refractivity (Wildman–Crippen MR) is 70.4 cm³/mol. The molecule has 0 heterocycles. The molecule has 2 fully saturated rings. The van der Waals surface area contributed by atoms with Crippen molar-refractivity contribution in [2.45, 2.75) is 48.4 Å². The smallest absolute Gasteiger partial charge is 0.0286 e. The monoisotopic (exact) mass is 390 g/mol. The van der Waals surface area contributed by atoms with Crippen LogP contribution in [0.25, 0.3) is 0 Å². The molecule has 0 amide bonds. The molecular formula is C10H16I2. The van der Waals surface area contributed by atoms with Gasteiger partial charge in [0.25, 0.3) is 0 Å². The average molecular weight is 390 g/mol. The molecule has 0 spiro atoms. The largest absolute Gasteiger partial charge is 0.0857 e. The molecule has 0 aromatic carbocycles. The standard InChI is InChI=1S/C10H16I2/c11-8-9(10(12)6-7-10)4-2-1-3-5-9/h1-8H2. The second-order valence-electron chi connectivity index (χ2n) is 4.44. The van der Waals surface area contributed by atoms with Crippen LogP contribution in [0.4, 0.5) is 0 Å². The first-order chi connectivity index (χ1) is 5.72. The van der Waals surface area contributed by atoms with Crippen molar-refractivity contribution in [1.82, 2.24) is 0 Å². The molecule has 70 valence electrons. The molecule has 2 aliphatic rings. The van der Waals surface area contributed by atoms with Crippen molar-refractivity contribution in [2.75, 3.05) is 4.43 Å². The zero-order chi connectivity index (χ0) is 8.66. The molecule has 0 bridgehead atoms. The highest BCUT2D eigenvalue weighted by Gasteiger charge is 2.56. The Labute approximate surface area is 103 Å². The molecular weight excluding hydrogens is 374 g/mol. The van der Waals surface area contributed by atoms with E-state index in [4.69, 9.17) is 0 Å². The van der Waals surface area contributed by atoms with Gasteiger partial charge in [-0.3, -0.25) is 0 Å². The van der Waals surface area contributed by atoms with Gasteiger partial charge in [-0.05, 0) is 31.1 Å². The summed E-state index contributed by atoms with van der Waals surface area (Å²) in [5.74, 6) is 0. The topological polar surface area (TPSA) is 0 Å². The molecule has 2 heteroatoms. The first-order valence-electron chi connectivity index (χ1n) is 4.97. The van der Waals surface area contributed by atoms with E-state index in [2.05, 4.69) is 45.2 Å². The van der Waals surface area contributed by atoms with E-state index < -0.39 is 0 Å². The minimum absolute atomic E-state index is 0.729. The first-order valence-corrected chi connectivity index (χ1v) is 7.58. The molecule has 0 atom stereocenters. The third-order valence-electron chi connectivity index (χ3n) is 3.71. The Kier molecular flexibility index (Phi) is 2.96. The number of rotatable bonds is 2. The minimum Gasteiger partial charge on any atom is -0.0857 e. The number of halogens is 2. The Balaban J connectivity index is 2.11. The highest BCUT2D eigenvalue weighted by atomic mass is 127. The van der Waals surface area contributed by atoms with Crippen LogP contribution in [0.15, 0.2) is 0 Å². The Morgan fingerprint density at radius 2 is 1.50 bits per heavy atom. The Hall–Kier alpha value is 1.46. The van der Waals surface area contributed by atoms with Crippen LogP contribution < -0.4 is 0 Å². The van der Waals surface area contributed by atoms with Crippen molar-refractivity contribution in [3.8, 4) is 0 Å². The molecule has 2 aliphatic carbocycles. The van der Waals surface area contributed by atoms with Gasteiger partial charge in [-0.15, -0.1) is 0 Å². The van der Waals surface area contributed by atoms with Crippen LogP contribution in [-0.4, -0.2) is 7.85 Å². The highest BCUT2D eigenvalue weighted by Crippen LogP contribution is 2.63. The SMILES string of the molecule is ICC1(C2(I)CC2)CCCCC1. The molecule has 0 N–H and O–H groups in total. The van der Waals surface area contributed by atoms with E-state index in [1.807, 2.05) is 0 Å². The first kappa shape index (κ1) is 9.99. The zero-order valence-electron chi connectivity index (χ0n) is 7.41. The summed E-state index contributed by atoms with van der Waals surface area (Å²) in [6.07, 6.45) is 10.5. The van der Waals surface area contributed by atoms with Gasteiger partial charge in [-0.25, -0.2) is 0 Å². The van der Waals surface area contributed by atoms with E-state index in [0.29, 0.717) is 0 Å². The summed E-state index contributed by atoms with van der Waals surface area (Å²) in [5.41, 5.74) is 0.742. The van der Waals surface area contributed by atoms with Gasteiger partial charge in [0.1, 0.15) is 0 Å². The van der Waals surface area contributed by atoms with E-state index in [0.717, 1.165) is 8.84 Å². The molecule has 0 saturated heterocycles. The van der Waals surface area contributed by atoms with E-state index in [9.17, 15) is 0 Å². The quantitative estimate of drug-likeness (QED) is 0.486. The predicted octanol–water partition coefficient (Wildman–Crippen LogP) is 4.34. The van der Waals surface area contributed by atoms with Crippen molar-refractivity contribution in [2.24, 2.45) is 5.41 Å². The number of alkyl halides is 2. The van der Waals surface area contributed by atoms with Gasteiger partial charge >= 0.3 is 0 Å². The summed E-state index contributed by atoms with van der Waals surface area (Å²) in [6.45, 7) is 0. The maximum absolute atomic E-state index is 2.76. The van der Waals surface area contributed by atoms with E-state index in [1.165, 1.54) is 49.4 Å². The van der Waals surface area contributed by atoms with Gasteiger partial charge < -0.3 is 0 Å². The third kappa shape index (κ3) is 1.55. The van der Waals surface area contributed by atoms with Crippen LogP contribution in [-0.2, 0) is 0 Å². The van der Waals surface area contributed by atoms with Gasteiger partial charge in [-0.2, -0.15) is 0 Å². The molecule has 0 nitrogen and oxygen atoms in total.